The van der Waals surface area contributed by atoms with Crippen molar-refractivity contribution in [2.45, 2.75) is 25.4 Å². The molecule has 1 amide bonds. The van der Waals surface area contributed by atoms with Crippen LogP contribution in [0.1, 0.15) is 18.4 Å². The van der Waals surface area contributed by atoms with Gasteiger partial charge in [-0.25, -0.2) is 15.0 Å². The van der Waals surface area contributed by atoms with E-state index in [9.17, 15) is 4.79 Å². The Morgan fingerprint density at radius 3 is 2.62 bits per heavy atom. The van der Waals surface area contributed by atoms with Gasteiger partial charge in [0.05, 0.1) is 11.3 Å². The van der Waals surface area contributed by atoms with E-state index in [1.54, 1.807) is 6.20 Å². The second-order valence-corrected chi connectivity index (χ2v) is 10.1. The van der Waals surface area contributed by atoms with Gasteiger partial charge >= 0.3 is 0 Å². The summed E-state index contributed by atoms with van der Waals surface area (Å²) < 4.78 is 2.06. The number of nitrogens with two attached hydrogens (primary N) is 1. The van der Waals surface area contributed by atoms with Gasteiger partial charge in [-0.2, -0.15) is 0 Å². The van der Waals surface area contributed by atoms with Gasteiger partial charge < -0.3 is 11.1 Å². The minimum absolute atomic E-state index is 0.113. The lowest BCUT2D eigenvalue weighted by Gasteiger charge is -2.33. The van der Waals surface area contributed by atoms with Crippen molar-refractivity contribution >= 4 is 22.9 Å². The molecule has 40 heavy (non-hydrogen) atoms. The van der Waals surface area contributed by atoms with Crippen molar-refractivity contribution < 1.29 is 4.79 Å². The van der Waals surface area contributed by atoms with E-state index >= 15 is 0 Å². The molecule has 5 aromatic rings. The fourth-order valence-electron chi connectivity index (χ4n) is 5.34. The van der Waals surface area contributed by atoms with E-state index in [2.05, 4.69) is 62.7 Å². The number of amides is 1. The number of pyridine rings is 2. The van der Waals surface area contributed by atoms with E-state index in [1.807, 2.05) is 42.5 Å². The average Bonchev–Trinajstić information content (AvgIpc) is 3.37. The van der Waals surface area contributed by atoms with Gasteiger partial charge in [0, 0.05) is 36.6 Å². The third kappa shape index (κ3) is 5.21. The SMILES string of the molecule is C=CC(=O)N[C@H]1CCCN(Cc2ccc(-n3c(-c4cccnc4N)nc4ccc(-c5ccccc5)nc43)cc2)C1. The van der Waals surface area contributed by atoms with Gasteiger partial charge in [0.2, 0.25) is 5.91 Å². The number of carbonyl (C=O) groups excluding carboxylic acids is 1. The maximum atomic E-state index is 11.8. The molecule has 0 radical (unpaired) electrons. The van der Waals surface area contributed by atoms with Crippen LogP contribution in [0.25, 0.3) is 39.5 Å². The molecule has 1 aliphatic heterocycles. The molecule has 8 heteroatoms. The fourth-order valence-corrected chi connectivity index (χ4v) is 5.34. The highest BCUT2D eigenvalue weighted by Gasteiger charge is 2.22. The summed E-state index contributed by atoms with van der Waals surface area (Å²) in [6.07, 6.45) is 5.05. The Balaban J connectivity index is 1.35. The Kier molecular flexibility index (Phi) is 7.08. The predicted molar refractivity (Wildman–Crippen MR) is 159 cm³/mol. The molecule has 1 fully saturated rings. The monoisotopic (exact) mass is 529 g/mol. The van der Waals surface area contributed by atoms with Crippen molar-refractivity contribution in [1.29, 1.82) is 0 Å². The topological polar surface area (TPSA) is 102 Å². The molecule has 3 N–H and O–H groups in total. The number of imidazole rings is 1. The molecule has 0 unspecified atom stereocenters. The van der Waals surface area contributed by atoms with Gasteiger partial charge in [0.25, 0.3) is 0 Å². The third-order valence-electron chi connectivity index (χ3n) is 7.29. The second kappa shape index (κ2) is 11.1. The molecule has 3 aromatic heterocycles. The van der Waals surface area contributed by atoms with Crippen LogP contribution in [-0.4, -0.2) is 49.5 Å². The number of fused-ring (bicyclic) bond motifs is 1. The van der Waals surface area contributed by atoms with Crippen molar-refractivity contribution in [3.63, 3.8) is 0 Å². The standard InChI is InChI=1S/C32H31N7O/c1-2-29(40)35-24-10-7-19-38(21-24)20-22-12-14-25(15-13-22)39-31(26-11-6-18-34-30(26)33)37-28-17-16-27(36-32(28)39)23-8-4-3-5-9-23/h2-6,8-9,11-18,24H,1,7,10,19-21H2,(H2,33,34)(H,35,40)/t24-/m0/s1. The lowest BCUT2D eigenvalue weighted by atomic mass is 10.0. The molecule has 1 aliphatic rings. The van der Waals surface area contributed by atoms with Gasteiger partial charge in [-0.1, -0.05) is 49.0 Å². The van der Waals surface area contributed by atoms with Gasteiger partial charge in [0.1, 0.15) is 11.3 Å². The first-order chi connectivity index (χ1) is 19.6. The molecule has 1 atom stereocenters. The molecule has 0 saturated carbocycles. The van der Waals surface area contributed by atoms with Crippen molar-refractivity contribution in [1.82, 2.24) is 29.7 Å². The maximum Gasteiger partial charge on any atom is 0.243 e. The number of anilines is 1. The summed E-state index contributed by atoms with van der Waals surface area (Å²) in [5, 5.41) is 3.04. The number of likely N-dealkylation sites (tertiary alicyclic amines) is 1. The molecule has 2 aromatic carbocycles. The minimum Gasteiger partial charge on any atom is -0.383 e. The van der Waals surface area contributed by atoms with Crippen molar-refractivity contribution in [2.24, 2.45) is 0 Å². The summed E-state index contributed by atoms with van der Waals surface area (Å²) in [7, 11) is 0. The van der Waals surface area contributed by atoms with E-state index in [0.29, 0.717) is 11.6 Å². The summed E-state index contributed by atoms with van der Waals surface area (Å²) in [6, 6.07) is 26.6. The van der Waals surface area contributed by atoms with Crippen molar-refractivity contribution in [3.8, 4) is 28.3 Å². The second-order valence-electron chi connectivity index (χ2n) is 10.1. The van der Waals surface area contributed by atoms with Crippen molar-refractivity contribution in [2.75, 3.05) is 18.8 Å². The van der Waals surface area contributed by atoms with Crippen LogP contribution in [0.2, 0.25) is 0 Å². The molecule has 8 nitrogen and oxygen atoms in total. The number of aromatic nitrogens is 4. The first kappa shape index (κ1) is 25.5. The van der Waals surface area contributed by atoms with Crippen LogP contribution >= 0.6 is 0 Å². The molecular weight excluding hydrogens is 498 g/mol. The van der Waals surface area contributed by atoms with Gasteiger partial charge in [-0.3, -0.25) is 14.3 Å². The number of nitrogen functional groups attached to an aromatic ring is 1. The summed E-state index contributed by atoms with van der Waals surface area (Å²) >= 11 is 0. The molecule has 6 rings (SSSR count). The Morgan fingerprint density at radius 1 is 1.02 bits per heavy atom. The molecule has 0 spiro atoms. The van der Waals surface area contributed by atoms with Crippen LogP contribution in [-0.2, 0) is 11.3 Å². The summed E-state index contributed by atoms with van der Waals surface area (Å²) in [5.41, 5.74) is 12.6. The number of benzene rings is 2. The van der Waals surface area contributed by atoms with E-state index in [0.717, 1.165) is 66.1 Å². The van der Waals surface area contributed by atoms with Gasteiger partial charge in [0.15, 0.2) is 11.5 Å². The van der Waals surface area contributed by atoms with Crippen LogP contribution in [0.3, 0.4) is 0 Å². The normalized spacial score (nSPS) is 15.7. The number of rotatable bonds is 7. The maximum absolute atomic E-state index is 11.8. The lowest BCUT2D eigenvalue weighted by Crippen LogP contribution is -2.46. The van der Waals surface area contributed by atoms with Crippen LogP contribution in [0.15, 0.2) is 97.7 Å². The Hall–Kier alpha value is -4.82. The van der Waals surface area contributed by atoms with Gasteiger partial charge in [-0.15, -0.1) is 0 Å². The number of hydrogen-bond acceptors (Lipinski definition) is 6. The largest absolute Gasteiger partial charge is 0.383 e. The number of nitrogens with zero attached hydrogens (tertiary/aromatic N) is 5. The third-order valence-corrected chi connectivity index (χ3v) is 7.29. The lowest BCUT2D eigenvalue weighted by molar-refractivity contribution is -0.117. The summed E-state index contributed by atoms with van der Waals surface area (Å²) in [4.78, 5) is 28.4. The zero-order valence-corrected chi connectivity index (χ0v) is 22.2. The molecule has 1 saturated heterocycles. The molecule has 4 heterocycles. The fraction of sp³-hybridized carbons (Fsp3) is 0.188. The van der Waals surface area contributed by atoms with Crippen LogP contribution < -0.4 is 11.1 Å². The van der Waals surface area contributed by atoms with E-state index in [1.165, 1.54) is 11.6 Å². The molecule has 0 bridgehead atoms. The predicted octanol–water partition coefficient (Wildman–Crippen LogP) is 5.00. The summed E-state index contributed by atoms with van der Waals surface area (Å²) in [5.74, 6) is 1.00. The zero-order valence-electron chi connectivity index (χ0n) is 22.2. The van der Waals surface area contributed by atoms with E-state index in [-0.39, 0.29) is 11.9 Å². The number of piperidine rings is 1. The number of hydrogen-bond donors (Lipinski definition) is 2. The highest BCUT2D eigenvalue weighted by molar-refractivity contribution is 5.87. The molecular formula is C32H31N7O. The molecule has 0 aliphatic carbocycles. The van der Waals surface area contributed by atoms with E-state index in [4.69, 9.17) is 15.7 Å². The average molecular weight is 530 g/mol. The summed E-state index contributed by atoms with van der Waals surface area (Å²) in [6.45, 7) is 6.20. The highest BCUT2D eigenvalue weighted by atomic mass is 16.1. The van der Waals surface area contributed by atoms with Crippen molar-refractivity contribution in [3.05, 3.63) is 103 Å². The van der Waals surface area contributed by atoms with Crippen LogP contribution in [0.5, 0.6) is 0 Å². The molecule has 200 valence electrons. The first-order valence-corrected chi connectivity index (χ1v) is 13.5. The minimum atomic E-state index is -0.113. The quantitative estimate of drug-likeness (QED) is 0.288. The van der Waals surface area contributed by atoms with Crippen LogP contribution in [0.4, 0.5) is 5.82 Å². The smallest absolute Gasteiger partial charge is 0.243 e. The Morgan fingerprint density at radius 2 is 1.85 bits per heavy atom. The Labute approximate surface area is 233 Å². The highest BCUT2D eigenvalue weighted by Crippen LogP contribution is 2.32. The van der Waals surface area contributed by atoms with Crippen LogP contribution in [0, 0.1) is 0 Å². The number of nitrogens with one attached hydrogen (secondary N) is 1. The number of carbonyl (C=O) groups is 1. The first-order valence-electron chi connectivity index (χ1n) is 13.5. The van der Waals surface area contributed by atoms with Gasteiger partial charge in [-0.05, 0) is 67.4 Å². The van der Waals surface area contributed by atoms with E-state index < -0.39 is 0 Å². The zero-order chi connectivity index (χ0) is 27.5. The Bertz CT molecular complexity index is 1660.